The molecule has 3 aromatic carbocycles. The number of fused-ring (bicyclic) bond motifs is 2. The summed E-state index contributed by atoms with van der Waals surface area (Å²) in [5.41, 5.74) is 0.399. The first kappa shape index (κ1) is 22.5. The van der Waals surface area contributed by atoms with Crippen LogP contribution < -0.4 is 5.32 Å². The molecule has 0 radical (unpaired) electrons. The molecule has 0 bridgehead atoms. The van der Waals surface area contributed by atoms with Gasteiger partial charge in [0.1, 0.15) is 0 Å². The van der Waals surface area contributed by atoms with Crippen molar-refractivity contribution in [3.05, 3.63) is 59.1 Å². The summed E-state index contributed by atoms with van der Waals surface area (Å²) in [7, 11) is -3.67. The normalized spacial score (nSPS) is 12.1. The Balaban J connectivity index is 0.000000500. The molecule has 0 saturated carbocycles. The van der Waals surface area contributed by atoms with Gasteiger partial charge in [-0.05, 0) is 40.8 Å². The molecule has 28 heavy (non-hydrogen) atoms. The average molecular weight is 426 g/mol. The Hall–Kier alpha value is -1.74. The van der Waals surface area contributed by atoms with Crippen LogP contribution in [0.25, 0.3) is 21.5 Å². The van der Waals surface area contributed by atoms with Gasteiger partial charge in [-0.1, -0.05) is 48.0 Å². The van der Waals surface area contributed by atoms with E-state index in [-0.39, 0.29) is 13.2 Å². The van der Waals surface area contributed by atoms with Crippen molar-refractivity contribution in [3.8, 4) is 0 Å². The van der Waals surface area contributed by atoms with Gasteiger partial charge < -0.3 is 15.5 Å². The van der Waals surface area contributed by atoms with Crippen LogP contribution in [-0.4, -0.2) is 48.2 Å². The number of halogens is 1. The van der Waals surface area contributed by atoms with Crippen molar-refractivity contribution in [2.75, 3.05) is 19.5 Å². The van der Waals surface area contributed by atoms with Crippen LogP contribution in [-0.2, 0) is 16.7 Å². The predicted molar refractivity (Wildman–Crippen MR) is 113 cm³/mol. The topological polar surface area (TPSA) is 107 Å². The van der Waals surface area contributed by atoms with Crippen molar-refractivity contribution in [3.63, 3.8) is 0 Å². The molecule has 0 heterocycles. The molecular formula is C20H24ClNO5S. The van der Waals surface area contributed by atoms with E-state index in [0.29, 0.717) is 12.8 Å². The molecule has 0 saturated heterocycles. The molecule has 0 aromatic heterocycles. The summed E-state index contributed by atoms with van der Waals surface area (Å²) < 4.78 is 25.9. The fourth-order valence-electron chi connectivity index (χ4n) is 2.80. The molecule has 8 heteroatoms. The minimum absolute atomic E-state index is 0.132. The van der Waals surface area contributed by atoms with Crippen LogP contribution in [0.4, 0.5) is 0 Å². The van der Waals surface area contributed by atoms with E-state index >= 15 is 0 Å². The molecule has 0 aliphatic heterocycles. The number of nitrogens with one attached hydrogen (secondary N) is 1. The SMILES string of the molecule is CC(CO)(CO)NCc1c2ccccc2cc2c(Cl)cccc12.CS(=O)(=O)O. The van der Waals surface area contributed by atoms with E-state index in [1.807, 2.05) is 24.3 Å². The summed E-state index contributed by atoms with van der Waals surface area (Å²) in [5, 5.41) is 27.3. The Morgan fingerprint density at radius 2 is 1.57 bits per heavy atom. The Kier molecular flexibility index (Phi) is 7.39. The highest BCUT2D eigenvalue weighted by atomic mass is 35.5. The third-order valence-corrected chi connectivity index (χ3v) is 4.68. The molecule has 0 spiro atoms. The minimum atomic E-state index is -3.67. The summed E-state index contributed by atoms with van der Waals surface area (Å²) in [6.45, 7) is 2.07. The zero-order chi connectivity index (χ0) is 20.9. The summed E-state index contributed by atoms with van der Waals surface area (Å²) in [6, 6.07) is 16.2. The molecule has 0 unspecified atom stereocenters. The summed E-state index contributed by atoms with van der Waals surface area (Å²) in [5.74, 6) is 0. The van der Waals surface area contributed by atoms with Gasteiger partial charge >= 0.3 is 0 Å². The molecule has 0 atom stereocenters. The lowest BCUT2D eigenvalue weighted by Gasteiger charge is -2.27. The maximum Gasteiger partial charge on any atom is 0.261 e. The molecule has 0 aliphatic carbocycles. The van der Waals surface area contributed by atoms with Gasteiger partial charge in [0.2, 0.25) is 0 Å². The number of aliphatic hydroxyl groups is 2. The van der Waals surface area contributed by atoms with Crippen LogP contribution in [0.3, 0.4) is 0 Å². The van der Waals surface area contributed by atoms with E-state index < -0.39 is 15.7 Å². The van der Waals surface area contributed by atoms with Gasteiger partial charge in [-0.25, -0.2) is 0 Å². The van der Waals surface area contributed by atoms with Crippen LogP contribution in [0.1, 0.15) is 12.5 Å². The van der Waals surface area contributed by atoms with Crippen molar-refractivity contribution < 1.29 is 23.2 Å². The molecule has 152 valence electrons. The lowest BCUT2D eigenvalue weighted by atomic mass is 9.95. The van der Waals surface area contributed by atoms with Crippen molar-refractivity contribution >= 4 is 43.3 Å². The third-order valence-electron chi connectivity index (χ3n) is 4.35. The van der Waals surface area contributed by atoms with E-state index in [0.717, 1.165) is 32.1 Å². The first-order valence-corrected chi connectivity index (χ1v) is 10.8. The molecule has 0 amide bonds. The van der Waals surface area contributed by atoms with E-state index in [9.17, 15) is 18.6 Å². The van der Waals surface area contributed by atoms with Gasteiger partial charge in [0.25, 0.3) is 10.1 Å². The van der Waals surface area contributed by atoms with Crippen LogP contribution in [0, 0.1) is 0 Å². The van der Waals surface area contributed by atoms with Crippen molar-refractivity contribution in [2.24, 2.45) is 0 Å². The predicted octanol–water partition coefficient (Wildman–Crippen LogP) is 2.98. The molecule has 0 fully saturated rings. The second-order valence-electron chi connectivity index (χ2n) is 6.87. The lowest BCUT2D eigenvalue weighted by Crippen LogP contribution is -2.48. The van der Waals surface area contributed by atoms with Gasteiger partial charge in [-0.3, -0.25) is 4.55 Å². The van der Waals surface area contributed by atoms with E-state index in [1.165, 1.54) is 0 Å². The Morgan fingerprint density at radius 1 is 1.00 bits per heavy atom. The van der Waals surface area contributed by atoms with Gasteiger partial charge in [0.15, 0.2) is 0 Å². The van der Waals surface area contributed by atoms with E-state index in [1.54, 1.807) is 6.92 Å². The maximum atomic E-state index is 9.49. The van der Waals surface area contributed by atoms with E-state index in [2.05, 4.69) is 29.6 Å². The highest BCUT2D eigenvalue weighted by Crippen LogP contribution is 2.32. The lowest BCUT2D eigenvalue weighted by molar-refractivity contribution is 0.103. The molecule has 4 N–H and O–H groups in total. The van der Waals surface area contributed by atoms with Gasteiger partial charge in [0.05, 0.1) is 25.0 Å². The summed E-state index contributed by atoms with van der Waals surface area (Å²) >= 11 is 6.37. The summed E-state index contributed by atoms with van der Waals surface area (Å²) in [4.78, 5) is 0. The molecule has 0 aliphatic rings. The van der Waals surface area contributed by atoms with Crippen molar-refractivity contribution in [1.82, 2.24) is 5.32 Å². The Labute approximate surface area is 169 Å². The second-order valence-corrected chi connectivity index (χ2v) is 8.75. The highest BCUT2D eigenvalue weighted by molar-refractivity contribution is 7.85. The second kappa shape index (κ2) is 9.17. The number of aliphatic hydroxyl groups excluding tert-OH is 2. The number of hydrogen-bond donors (Lipinski definition) is 4. The fraction of sp³-hybridized carbons (Fsp3) is 0.300. The average Bonchev–Trinajstić information content (AvgIpc) is 2.64. The highest BCUT2D eigenvalue weighted by Gasteiger charge is 2.22. The monoisotopic (exact) mass is 425 g/mol. The fourth-order valence-corrected chi connectivity index (χ4v) is 3.03. The van der Waals surface area contributed by atoms with E-state index in [4.69, 9.17) is 16.2 Å². The third kappa shape index (κ3) is 5.88. The largest absolute Gasteiger partial charge is 0.394 e. The zero-order valence-electron chi connectivity index (χ0n) is 15.7. The number of hydrogen-bond acceptors (Lipinski definition) is 5. The molecule has 3 aromatic rings. The van der Waals surface area contributed by atoms with Crippen molar-refractivity contribution in [2.45, 2.75) is 19.0 Å². The molecule has 3 rings (SSSR count). The maximum absolute atomic E-state index is 9.49. The minimum Gasteiger partial charge on any atom is -0.394 e. The first-order chi connectivity index (χ1) is 13.1. The molecular weight excluding hydrogens is 402 g/mol. The van der Waals surface area contributed by atoms with Gasteiger partial charge in [-0.2, -0.15) is 8.42 Å². The van der Waals surface area contributed by atoms with Gasteiger partial charge in [-0.15, -0.1) is 0 Å². The van der Waals surface area contributed by atoms with Crippen LogP contribution >= 0.6 is 11.6 Å². The number of benzene rings is 3. The number of rotatable bonds is 5. The standard InChI is InChI=1S/C19H20ClNO2.CH4O3S/c1-19(11-22,12-23)21-10-17-14-6-3-2-5-13(14)9-16-15(17)7-4-8-18(16)20;1-5(2,3)4/h2-9,21-23H,10-12H2,1H3;1H3,(H,2,3,4). The smallest absolute Gasteiger partial charge is 0.261 e. The zero-order valence-corrected chi connectivity index (χ0v) is 17.3. The molecule has 6 nitrogen and oxygen atoms in total. The van der Waals surface area contributed by atoms with Crippen molar-refractivity contribution in [1.29, 1.82) is 0 Å². The first-order valence-electron chi connectivity index (χ1n) is 8.56. The van der Waals surface area contributed by atoms with Gasteiger partial charge in [0, 0.05) is 17.0 Å². The summed E-state index contributed by atoms with van der Waals surface area (Å²) in [6.07, 6.45) is 0.715. The quantitative estimate of drug-likeness (QED) is 0.370. The van der Waals surface area contributed by atoms with Crippen LogP contribution in [0.2, 0.25) is 5.02 Å². The Morgan fingerprint density at radius 3 is 2.18 bits per heavy atom. The van der Waals surface area contributed by atoms with Crippen LogP contribution in [0.5, 0.6) is 0 Å². The van der Waals surface area contributed by atoms with Crippen LogP contribution in [0.15, 0.2) is 48.5 Å². The Bertz CT molecular complexity index is 1060.